The second-order valence-corrected chi connectivity index (χ2v) is 10.3. The van der Waals surface area contributed by atoms with Gasteiger partial charge < -0.3 is 4.90 Å². The van der Waals surface area contributed by atoms with Crippen LogP contribution in [0, 0.1) is 25.7 Å². The fourth-order valence-electron chi connectivity index (χ4n) is 7.06. The van der Waals surface area contributed by atoms with Gasteiger partial charge in [0.2, 0.25) is 0 Å². The number of fused-ring (bicyclic) bond motifs is 6. The number of H-pyrrole nitrogens is 1. The Labute approximate surface area is 189 Å². The molecule has 7 heteroatoms. The Balaban J connectivity index is 1.29. The molecule has 7 nitrogen and oxygen atoms in total. The lowest BCUT2D eigenvalue weighted by Crippen LogP contribution is -2.60. The van der Waals surface area contributed by atoms with Crippen LogP contribution in [0.2, 0.25) is 0 Å². The summed E-state index contributed by atoms with van der Waals surface area (Å²) in [7, 11) is 1.94. The summed E-state index contributed by atoms with van der Waals surface area (Å²) in [4.78, 5) is 18.6. The largest absolute Gasteiger partial charge is 0.330 e. The van der Waals surface area contributed by atoms with Gasteiger partial charge in [0.05, 0.1) is 17.4 Å². The molecule has 3 fully saturated rings. The number of rotatable bonds is 2. The standard InChI is InChI=1S/C25H34N6O/c1-15-23(16(2)29(3)28-15)20-13-21(27-26-20)25(32)31-10-6-7-17-11-18-12-19(24(17)31)14-30-9-5-4-8-22(18)30/h11,13,18-19,22,24H,4-10,12,14H2,1-3H3,(H,26,27)/t18-,19-,22?,24?/m0/s1. The van der Waals surface area contributed by atoms with Crippen LogP contribution >= 0.6 is 0 Å². The van der Waals surface area contributed by atoms with Crippen molar-refractivity contribution < 1.29 is 4.79 Å². The number of aryl methyl sites for hydroxylation is 2. The number of hydrogen-bond acceptors (Lipinski definition) is 4. The van der Waals surface area contributed by atoms with Gasteiger partial charge >= 0.3 is 0 Å². The van der Waals surface area contributed by atoms with Gasteiger partial charge in [-0.3, -0.25) is 19.5 Å². The van der Waals surface area contributed by atoms with Crippen molar-refractivity contribution in [2.75, 3.05) is 19.6 Å². The van der Waals surface area contributed by atoms with Gasteiger partial charge in [-0.15, -0.1) is 0 Å². The lowest BCUT2D eigenvalue weighted by molar-refractivity contribution is 0.00131. The van der Waals surface area contributed by atoms with Crippen molar-refractivity contribution in [1.82, 2.24) is 29.8 Å². The molecular formula is C25H34N6O. The zero-order valence-corrected chi connectivity index (χ0v) is 19.5. The third-order valence-corrected chi connectivity index (χ3v) is 8.49. The van der Waals surface area contributed by atoms with E-state index in [1.165, 1.54) is 37.8 Å². The molecule has 1 amide bonds. The highest BCUT2D eigenvalue weighted by Gasteiger charge is 2.47. The van der Waals surface area contributed by atoms with E-state index >= 15 is 0 Å². The molecule has 0 saturated carbocycles. The summed E-state index contributed by atoms with van der Waals surface area (Å²) in [5.41, 5.74) is 5.95. The Kier molecular flexibility index (Phi) is 4.79. The molecule has 32 heavy (non-hydrogen) atoms. The fraction of sp³-hybridized carbons (Fsp3) is 0.640. The molecule has 6 rings (SSSR count). The minimum atomic E-state index is 0.0952. The first kappa shape index (κ1) is 20.2. The molecular weight excluding hydrogens is 400 g/mol. The molecule has 2 aromatic rings. The van der Waals surface area contributed by atoms with Crippen LogP contribution in [-0.2, 0) is 7.05 Å². The topological polar surface area (TPSA) is 70.1 Å². The van der Waals surface area contributed by atoms with Gasteiger partial charge in [0.25, 0.3) is 5.91 Å². The summed E-state index contributed by atoms with van der Waals surface area (Å²) in [5.74, 6) is 1.34. The average molecular weight is 435 g/mol. The summed E-state index contributed by atoms with van der Waals surface area (Å²) in [6, 6.07) is 2.91. The maximum atomic E-state index is 13.7. The van der Waals surface area contributed by atoms with Crippen LogP contribution in [0.25, 0.3) is 11.3 Å². The predicted molar refractivity (Wildman–Crippen MR) is 123 cm³/mol. The smallest absolute Gasteiger partial charge is 0.272 e. The van der Waals surface area contributed by atoms with E-state index in [1.54, 1.807) is 0 Å². The van der Waals surface area contributed by atoms with Crippen molar-refractivity contribution in [1.29, 1.82) is 0 Å². The van der Waals surface area contributed by atoms with Gasteiger partial charge in [-0.1, -0.05) is 18.1 Å². The van der Waals surface area contributed by atoms with Crippen molar-refractivity contribution in [3.05, 3.63) is 34.8 Å². The van der Waals surface area contributed by atoms with Crippen LogP contribution in [-0.4, -0.2) is 67.4 Å². The summed E-state index contributed by atoms with van der Waals surface area (Å²) in [6.45, 7) is 7.26. The Bertz CT molecular complexity index is 1080. The first-order valence-electron chi connectivity index (χ1n) is 12.3. The molecule has 170 valence electrons. The second-order valence-electron chi connectivity index (χ2n) is 10.3. The summed E-state index contributed by atoms with van der Waals surface area (Å²) in [5, 5.41) is 12.1. The first-order chi connectivity index (χ1) is 15.5. The third-order valence-electron chi connectivity index (χ3n) is 8.49. The van der Waals surface area contributed by atoms with Gasteiger partial charge in [0.15, 0.2) is 0 Å². The van der Waals surface area contributed by atoms with E-state index in [2.05, 4.69) is 31.2 Å². The highest BCUT2D eigenvalue weighted by Crippen LogP contribution is 2.45. The van der Waals surface area contributed by atoms with Crippen molar-refractivity contribution >= 4 is 5.91 Å². The number of carbonyl (C=O) groups excluding carboxylic acids is 1. The van der Waals surface area contributed by atoms with Crippen LogP contribution in [0.5, 0.6) is 0 Å². The molecule has 0 spiro atoms. The molecule has 1 aliphatic carbocycles. The van der Waals surface area contributed by atoms with Gasteiger partial charge in [-0.25, -0.2) is 0 Å². The molecule has 5 heterocycles. The maximum absolute atomic E-state index is 13.7. The normalized spacial score (nSPS) is 30.0. The molecule has 2 bridgehead atoms. The highest BCUT2D eigenvalue weighted by molar-refractivity contribution is 5.94. The molecule has 3 saturated heterocycles. The van der Waals surface area contributed by atoms with Gasteiger partial charge in [0, 0.05) is 37.4 Å². The molecule has 4 atom stereocenters. The zero-order chi connectivity index (χ0) is 22.0. The lowest BCUT2D eigenvalue weighted by atomic mass is 9.68. The van der Waals surface area contributed by atoms with E-state index in [0.29, 0.717) is 17.5 Å². The van der Waals surface area contributed by atoms with Crippen molar-refractivity contribution in [2.24, 2.45) is 18.9 Å². The number of nitrogens with zero attached hydrogens (tertiary/aromatic N) is 5. The number of likely N-dealkylation sites (tertiary alicyclic amines) is 1. The van der Waals surface area contributed by atoms with Crippen LogP contribution in [0.15, 0.2) is 17.7 Å². The number of aromatic amines is 1. The Morgan fingerprint density at radius 3 is 2.88 bits per heavy atom. The van der Waals surface area contributed by atoms with E-state index < -0.39 is 0 Å². The monoisotopic (exact) mass is 434 g/mol. The highest BCUT2D eigenvalue weighted by atomic mass is 16.2. The van der Waals surface area contributed by atoms with Crippen molar-refractivity contribution in [3.8, 4) is 11.3 Å². The number of aromatic nitrogens is 4. The fourth-order valence-corrected chi connectivity index (χ4v) is 7.06. The SMILES string of the molecule is Cc1nn(C)c(C)c1-c1cc(C(=O)N2CCCC3=C[C@H]4C[C@@H](CN5CCCCC45)C32)[nH]n1. The molecule has 4 aliphatic rings. The number of carbonyl (C=O) groups is 1. The van der Waals surface area contributed by atoms with Crippen molar-refractivity contribution in [2.45, 2.75) is 64.5 Å². The zero-order valence-electron chi connectivity index (χ0n) is 19.5. The Morgan fingerprint density at radius 1 is 1.19 bits per heavy atom. The first-order valence-corrected chi connectivity index (χ1v) is 12.3. The van der Waals surface area contributed by atoms with Crippen LogP contribution < -0.4 is 0 Å². The van der Waals surface area contributed by atoms with E-state index in [4.69, 9.17) is 0 Å². The van der Waals surface area contributed by atoms with Gasteiger partial charge in [-0.2, -0.15) is 10.2 Å². The van der Waals surface area contributed by atoms with Gasteiger partial charge in [-0.05, 0) is 70.4 Å². The minimum Gasteiger partial charge on any atom is -0.330 e. The number of amides is 1. The van der Waals surface area contributed by atoms with E-state index in [0.717, 1.165) is 54.6 Å². The minimum absolute atomic E-state index is 0.0952. The van der Waals surface area contributed by atoms with Crippen LogP contribution in [0.4, 0.5) is 0 Å². The molecule has 2 aromatic heterocycles. The Morgan fingerprint density at radius 2 is 2.06 bits per heavy atom. The molecule has 1 N–H and O–H groups in total. The second kappa shape index (κ2) is 7.58. The number of hydrogen-bond donors (Lipinski definition) is 1. The maximum Gasteiger partial charge on any atom is 0.272 e. The average Bonchev–Trinajstić information content (AvgIpc) is 3.37. The predicted octanol–water partition coefficient (Wildman–Crippen LogP) is 3.46. The summed E-state index contributed by atoms with van der Waals surface area (Å²) < 4.78 is 1.87. The quantitative estimate of drug-likeness (QED) is 0.735. The number of nitrogens with one attached hydrogen (secondary N) is 1. The van der Waals surface area contributed by atoms with Crippen LogP contribution in [0.1, 0.15) is 60.4 Å². The number of piperidine rings is 3. The summed E-state index contributed by atoms with van der Waals surface area (Å²) >= 11 is 0. The van der Waals surface area contributed by atoms with Crippen molar-refractivity contribution in [3.63, 3.8) is 0 Å². The summed E-state index contributed by atoms with van der Waals surface area (Å²) in [6.07, 6.45) is 10.1. The third kappa shape index (κ3) is 3.08. The molecule has 0 aromatic carbocycles. The lowest BCUT2D eigenvalue weighted by Gasteiger charge is -2.54. The molecule has 3 aliphatic heterocycles. The molecule has 0 radical (unpaired) electrons. The van der Waals surface area contributed by atoms with E-state index in [-0.39, 0.29) is 11.9 Å². The van der Waals surface area contributed by atoms with Gasteiger partial charge in [0.1, 0.15) is 5.69 Å². The Hall–Kier alpha value is -2.41. The van der Waals surface area contributed by atoms with E-state index in [1.807, 2.05) is 31.6 Å². The molecule has 2 unspecified atom stereocenters. The van der Waals surface area contributed by atoms with E-state index in [9.17, 15) is 4.79 Å². The van der Waals surface area contributed by atoms with Crippen LogP contribution in [0.3, 0.4) is 0 Å².